The van der Waals surface area contributed by atoms with Gasteiger partial charge in [-0.05, 0) is 24.7 Å². The summed E-state index contributed by atoms with van der Waals surface area (Å²) in [4.78, 5) is 25.2. The summed E-state index contributed by atoms with van der Waals surface area (Å²) in [5.74, 6) is -0.315. The van der Waals surface area contributed by atoms with Gasteiger partial charge in [0.05, 0.1) is 5.92 Å². The Hall–Kier alpha value is -1.06. The molecule has 1 aliphatic carbocycles. The Morgan fingerprint density at radius 3 is 2.20 bits per heavy atom. The molecule has 0 saturated heterocycles. The highest BCUT2D eigenvalue weighted by atomic mass is 16.4. The normalized spacial score (nSPS) is 18.0. The molecule has 0 aromatic carbocycles. The van der Waals surface area contributed by atoms with E-state index < -0.39 is 11.9 Å². The highest BCUT2D eigenvalue weighted by Gasteiger charge is 2.24. The van der Waals surface area contributed by atoms with Crippen LogP contribution in [0.4, 0.5) is 0 Å². The summed E-state index contributed by atoms with van der Waals surface area (Å²) >= 11 is 0. The Kier molecular flexibility index (Phi) is 7.03. The van der Waals surface area contributed by atoms with Crippen molar-refractivity contribution in [2.75, 3.05) is 13.1 Å². The number of nitrogens with zero attached hydrogens (tertiary/aromatic N) is 1. The summed E-state index contributed by atoms with van der Waals surface area (Å²) < 4.78 is 0. The maximum absolute atomic E-state index is 12.4. The summed E-state index contributed by atoms with van der Waals surface area (Å²) in [5, 5.41) is 9.03. The SMILES string of the molecule is CC(C)CN(CC(C)C(=O)O)C(=O)CC1CCCCC1. The van der Waals surface area contributed by atoms with Crippen molar-refractivity contribution < 1.29 is 14.7 Å². The van der Waals surface area contributed by atoms with Crippen LogP contribution >= 0.6 is 0 Å². The minimum Gasteiger partial charge on any atom is -0.481 e. The number of rotatable bonds is 7. The first-order chi connectivity index (χ1) is 9.40. The van der Waals surface area contributed by atoms with Crippen molar-refractivity contribution in [3.63, 3.8) is 0 Å². The number of hydrogen-bond acceptors (Lipinski definition) is 2. The van der Waals surface area contributed by atoms with Crippen LogP contribution in [0.1, 0.15) is 59.3 Å². The number of aliphatic carboxylic acids is 1. The zero-order valence-electron chi connectivity index (χ0n) is 13.1. The van der Waals surface area contributed by atoms with E-state index in [1.807, 2.05) is 0 Å². The molecule has 0 aromatic heterocycles. The van der Waals surface area contributed by atoms with Crippen LogP contribution in [0, 0.1) is 17.8 Å². The standard InChI is InChI=1S/C16H29NO3/c1-12(2)10-17(11-13(3)16(19)20)15(18)9-14-7-5-4-6-8-14/h12-14H,4-11H2,1-3H3,(H,19,20). The van der Waals surface area contributed by atoms with Crippen LogP contribution in [0.5, 0.6) is 0 Å². The van der Waals surface area contributed by atoms with Crippen LogP contribution < -0.4 is 0 Å². The van der Waals surface area contributed by atoms with E-state index in [9.17, 15) is 9.59 Å². The molecule has 1 unspecified atom stereocenters. The molecule has 0 aliphatic heterocycles. The van der Waals surface area contributed by atoms with Crippen LogP contribution in [0.2, 0.25) is 0 Å². The van der Waals surface area contributed by atoms with Crippen molar-refractivity contribution in [3.05, 3.63) is 0 Å². The zero-order chi connectivity index (χ0) is 15.1. The first kappa shape index (κ1) is 17.0. The average Bonchev–Trinajstić information content (AvgIpc) is 2.38. The van der Waals surface area contributed by atoms with E-state index in [-0.39, 0.29) is 5.91 Å². The van der Waals surface area contributed by atoms with Gasteiger partial charge in [-0.15, -0.1) is 0 Å². The van der Waals surface area contributed by atoms with Gasteiger partial charge in [0.2, 0.25) is 5.91 Å². The van der Waals surface area contributed by atoms with Gasteiger partial charge in [0.15, 0.2) is 0 Å². The molecule has 1 rings (SSSR count). The molecular weight excluding hydrogens is 254 g/mol. The van der Waals surface area contributed by atoms with Gasteiger partial charge in [0, 0.05) is 19.5 Å². The van der Waals surface area contributed by atoms with Crippen LogP contribution in [0.15, 0.2) is 0 Å². The smallest absolute Gasteiger partial charge is 0.308 e. The first-order valence-electron chi connectivity index (χ1n) is 7.90. The second-order valence-electron chi connectivity index (χ2n) is 6.64. The van der Waals surface area contributed by atoms with Crippen molar-refractivity contribution in [2.24, 2.45) is 17.8 Å². The van der Waals surface area contributed by atoms with Gasteiger partial charge >= 0.3 is 5.97 Å². The van der Waals surface area contributed by atoms with Crippen molar-refractivity contribution in [3.8, 4) is 0 Å². The minimum absolute atomic E-state index is 0.138. The Morgan fingerprint density at radius 2 is 1.70 bits per heavy atom. The maximum atomic E-state index is 12.4. The van der Waals surface area contributed by atoms with Gasteiger partial charge < -0.3 is 10.0 Å². The molecule has 1 saturated carbocycles. The average molecular weight is 283 g/mol. The Balaban J connectivity index is 2.56. The van der Waals surface area contributed by atoms with Crippen LogP contribution in [-0.2, 0) is 9.59 Å². The lowest BCUT2D eigenvalue weighted by Crippen LogP contribution is -2.40. The fraction of sp³-hybridized carbons (Fsp3) is 0.875. The topological polar surface area (TPSA) is 57.6 Å². The number of carboxylic acids is 1. The lowest BCUT2D eigenvalue weighted by molar-refractivity contribution is -0.143. The lowest BCUT2D eigenvalue weighted by Gasteiger charge is -2.29. The minimum atomic E-state index is -0.829. The molecule has 1 amide bonds. The van der Waals surface area contributed by atoms with Crippen molar-refractivity contribution in [1.29, 1.82) is 0 Å². The van der Waals surface area contributed by atoms with E-state index in [4.69, 9.17) is 5.11 Å². The summed E-state index contributed by atoms with van der Waals surface area (Å²) in [6.07, 6.45) is 6.64. The van der Waals surface area contributed by atoms with Crippen molar-refractivity contribution >= 4 is 11.9 Å². The lowest BCUT2D eigenvalue weighted by atomic mass is 9.86. The Labute approximate surface area is 122 Å². The second-order valence-corrected chi connectivity index (χ2v) is 6.64. The molecule has 1 fully saturated rings. The molecule has 1 atom stereocenters. The van der Waals surface area contributed by atoms with E-state index in [2.05, 4.69) is 13.8 Å². The van der Waals surface area contributed by atoms with E-state index >= 15 is 0 Å². The van der Waals surface area contributed by atoms with Gasteiger partial charge in [0.1, 0.15) is 0 Å². The Bertz CT molecular complexity index is 322. The van der Waals surface area contributed by atoms with Gasteiger partial charge in [-0.25, -0.2) is 0 Å². The van der Waals surface area contributed by atoms with Gasteiger partial charge in [0.25, 0.3) is 0 Å². The van der Waals surface area contributed by atoms with Crippen molar-refractivity contribution in [1.82, 2.24) is 4.90 Å². The fourth-order valence-corrected chi connectivity index (χ4v) is 2.89. The highest BCUT2D eigenvalue weighted by Crippen LogP contribution is 2.27. The Morgan fingerprint density at radius 1 is 1.10 bits per heavy atom. The third kappa shape index (κ3) is 5.93. The number of carboxylic acid groups (broad SMARTS) is 1. The monoisotopic (exact) mass is 283 g/mol. The fourth-order valence-electron chi connectivity index (χ4n) is 2.89. The molecule has 20 heavy (non-hydrogen) atoms. The summed E-state index contributed by atoms with van der Waals surface area (Å²) in [5.41, 5.74) is 0. The second kappa shape index (κ2) is 8.28. The number of carbonyl (C=O) groups is 2. The van der Waals surface area contributed by atoms with Crippen LogP contribution in [0.3, 0.4) is 0 Å². The predicted octanol–water partition coefficient (Wildman–Crippen LogP) is 3.16. The van der Waals surface area contributed by atoms with E-state index in [1.54, 1.807) is 11.8 Å². The molecule has 116 valence electrons. The number of hydrogen-bond donors (Lipinski definition) is 1. The number of amides is 1. The van der Waals surface area contributed by atoms with E-state index in [0.717, 1.165) is 12.8 Å². The first-order valence-corrected chi connectivity index (χ1v) is 7.90. The maximum Gasteiger partial charge on any atom is 0.308 e. The molecular formula is C16H29NO3. The molecule has 0 aromatic rings. The molecule has 0 radical (unpaired) electrons. The molecule has 1 N–H and O–H groups in total. The van der Waals surface area contributed by atoms with Crippen LogP contribution in [0.25, 0.3) is 0 Å². The summed E-state index contributed by atoms with van der Waals surface area (Å²) in [6, 6.07) is 0. The molecule has 0 heterocycles. The highest BCUT2D eigenvalue weighted by molar-refractivity contribution is 5.77. The zero-order valence-corrected chi connectivity index (χ0v) is 13.1. The molecule has 1 aliphatic rings. The van der Waals surface area contributed by atoms with E-state index in [1.165, 1.54) is 19.3 Å². The van der Waals surface area contributed by atoms with E-state index in [0.29, 0.717) is 31.3 Å². The number of carbonyl (C=O) groups excluding carboxylic acids is 1. The molecule has 0 spiro atoms. The van der Waals surface area contributed by atoms with Crippen LogP contribution in [-0.4, -0.2) is 35.0 Å². The third-order valence-corrected chi connectivity index (χ3v) is 4.04. The summed E-state index contributed by atoms with van der Waals surface area (Å²) in [7, 11) is 0. The quantitative estimate of drug-likeness (QED) is 0.780. The predicted molar refractivity (Wildman–Crippen MR) is 79.4 cm³/mol. The summed E-state index contributed by atoms with van der Waals surface area (Å²) in [6.45, 7) is 6.78. The molecule has 4 nitrogen and oxygen atoms in total. The molecule has 0 bridgehead atoms. The molecule has 4 heteroatoms. The van der Waals surface area contributed by atoms with Crippen molar-refractivity contribution in [2.45, 2.75) is 59.3 Å². The largest absolute Gasteiger partial charge is 0.481 e. The third-order valence-electron chi connectivity index (χ3n) is 4.04. The van der Waals surface area contributed by atoms with Gasteiger partial charge in [-0.2, -0.15) is 0 Å². The van der Waals surface area contributed by atoms with Gasteiger partial charge in [-0.1, -0.05) is 40.0 Å². The van der Waals surface area contributed by atoms with Gasteiger partial charge in [-0.3, -0.25) is 9.59 Å².